The Balaban J connectivity index is 2.05. The monoisotopic (exact) mass is 369 g/mol. The van der Waals surface area contributed by atoms with Crippen LogP contribution >= 0.6 is 0 Å². The molecule has 0 aliphatic rings. The van der Waals surface area contributed by atoms with Gasteiger partial charge in [-0.25, -0.2) is 0 Å². The van der Waals surface area contributed by atoms with Crippen molar-refractivity contribution < 1.29 is 14.3 Å². The van der Waals surface area contributed by atoms with E-state index in [1.165, 1.54) is 5.56 Å². The third-order valence-electron chi connectivity index (χ3n) is 4.64. The summed E-state index contributed by atoms with van der Waals surface area (Å²) in [6.45, 7) is 10.5. The number of carbonyl (C=O) groups excluding carboxylic acids is 1. The molecule has 2 atom stereocenters. The van der Waals surface area contributed by atoms with Gasteiger partial charge in [-0.1, -0.05) is 64.1 Å². The molecule has 27 heavy (non-hydrogen) atoms. The Morgan fingerprint density at radius 1 is 1.04 bits per heavy atom. The topological polar surface area (TPSA) is 47.6 Å². The summed E-state index contributed by atoms with van der Waals surface area (Å²) in [5.74, 6) is 1.06. The van der Waals surface area contributed by atoms with E-state index in [0.717, 1.165) is 5.56 Å². The molecule has 0 radical (unpaired) electrons. The summed E-state index contributed by atoms with van der Waals surface area (Å²) in [7, 11) is 1.59. The highest BCUT2D eigenvalue weighted by molar-refractivity contribution is 5.81. The van der Waals surface area contributed by atoms with Crippen molar-refractivity contribution in [3.05, 3.63) is 59.7 Å². The van der Waals surface area contributed by atoms with Crippen molar-refractivity contribution in [2.45, 2.75) is 58.6 Å². The van der Waals surface area contributed by atoms with E-state index in [-0.39, 0.29) is 17.4 Å². The molecule has 0 saturated heterocycles. The van der Waals surface area contributed by atoms with Gasteiger partial charge in [0.05, 0.1) is 13.2 Å². The molecule has 0 saturated carbocycles. The van der Waals surface area contributed by atoms with Crippen LogP contribution in [0.2, 0.25) is 0 Å². The van der Waals surface area contributed by atoms with E-state index < -0.39 is 6.10 Å². The number of carbonyl (C=O) groups is 1. The zero-order chi connectivity index (χ0) is 20.0. The lowest BCUT2D eigenvalue weighted by Gasteiger charge is -2.23. The third kappa shape index (κ3) is 5.49. The smallest absolute Gasteiger partial charge is 0.261 e. The summed E-state index contributed by atoms with van der Waals surface area (Å²) in [6.07, 6.45) is -0.00266. The second-order valence-corrected chi connectivity index (χ2v) is 7.77. The van der Waals surface area contributed by atoms with Crippen molar-refractivity contribution in [2.24, 2.45) is 0 Å². The number of methoxy groups -OCH3 is 1. The molecule has 2 aromatic carbocycles. The van der Waals surface area contributed by atoms with Crippen molar-refractivity contribution in [2.75, 3.05) is 7.11 Å². The highest BCUT2D eigenvalue weighted by atomic mass is 16.5. The lowest BCUT2D eigenvalue weighted by atomic mass is 9.86. The minimum atomic E-state index is -0.572. The number of amides is 1. The van der Waals surface area contributed by atoms with Gasteiger partial charge in [0.15, 0.2) is 17.6 Å². The van der Waals surface area contributed by atoms with Crippen LogP contribution in [0.3, 0.4) is 0 Å². The molecule has 0 aromatic heterocycles. The Morgan fingerprint density at radius 2 is 1.63 bits per heavy atom. The Hall–Kier alpha value is -2.49. The highest BCUT2D eigenvalue weighted by Crippen LogP contribution is 2.28. The van der Waals surface area contributed by atoms with Crippen LogP contribution in [0.4, 0.5) is 0 Å². The zero-order valence-corrected chi connectivity index (χ0v) is 17.2. The lowest BCUT2D eigenvalue weighted by Crippen LogP contribution is -2.39. The van der Waals surface area contributed by atoms with Crippen LogP contribution in [0, 0.1) is 0 Å². The molecule has 0 aliphatic carbocycles. The maximum absolute atomic E-state index is 12.7. The van der Waals surface area contributed by atoms with E-state index in [4.69, 9.17) is 9.47 Å². The predicted octanol–water partition coefficient (Wildman–Crippen LogP) is 5.03. The number of rotatable bonds is 7. The molecule has 0 spiro atoms. The second-order valence-electron chi connectivity index (χ2n) is 7.77. The van der Waals surface area contributed by atoms with E-state index in [0.29, 0.717) is 17.9 Å². The molecule has 0 unspecified atom stereocenters. The average molecular weight is 370 g/mol. The minimum absolute atomic E-state index is 0.0955. The highest BCUT2D eigenvalue weighted by Gasteiger charge is 2.22. The largest absolute Gasteiger partial charge is 0.493 e. The Bertz CT molecular complexity index is 747. The molecule has 0 heterocycles. The van der Waals surface area contributed by atoms with Gasteiger partial charge in [0.2, 0.25) is 0 Å². The van der Waals surface area contributed by atoms with Crippen LogP contribution in [0.25, 0.3) is 0 Å². The number of ether oxygens (including phenoxy) is 2. The van der Waals surface area contributed by atoms with Gasteiger partial charge in [0.25, 0.3) is 5.91 Å². The first kappa shape index (κ1) is 20.8. The standard InChI is InChI=1S/C23H31NO3/c1-7-19(27-21-11-9-8-10-20(21)26-6)22(25)24-16(2)17-12-14-18(15-13-17)23(3,4)5/h8-16,19H,7H2,1-6H3,(H,24,25)/t16-,19-/m1/s1. The molecule has 1 N–H and O–H groups in total. The maximum atomic E-state index is 12.7. The van der Waals surface area contributed by atoms with Gasteiger partial charge in [-0.3, -0.25) is 4.79 Å². The predicted molar refractivity (Wildman–Crippen MR) is 109 cm³/mol. The number of hydrogen-bond acceptors (Lipinski definition) is 3. The van der Waals surface area contributed by atoms with Crippen molar-refractivity contribution in [3.8, 4) is 11.5 Å². The lowest BCUT2D eigenvalue weighted by molar-refractivity contribution is -0.128. The molecule has 146 valence electrons. The Kier molecular flexibility index (Phi) is 6.89. The maximum Gasteiger partial charge on any atom is 0.261 e. The minimum Gasteiger partial charge on any atom is -0.493 e. The van der Waals surface area contributed by atoms with E-state index in [2.05, 4.69) is 50.4 Å². The quantitative estimate of drug-likeness (QED) is 0.745. The van der Waals surface area contributed by atoms with Crippen LogP contribution in [0.15, 0.2) is 48.5 Å². The van der Waals surface area contributed by atoms with E-state index >= 15 is 0 Å². The summed E-state index contributed by atoms with van der Waals surface area (Å²) in [5.41, 5.74) is 2.46. The Labute approximate surface area is 162 Å². The first-order valence-corrected chi connectivity index (χ1v) is 9.46. The first-order chi connectivity index (χ1) is 12.8. The van der Waals surface area contributed by atoms with Gasteiger partial charge in [-0.05, 0) is 42.0 Å². The SMILES string of the molecule is CC[C@@H](Oc1ccccc1OC)C(=O)N[C@H](C)c1ccc(C(C)(C)C)cc1. The van der Waals surface area contributed by atoms with Crippen LogP contribution in [0.1, 0.15) is 58.2 Å². The van der Waals surface area contributed by atoms with Crippen LogP contribution in [-0.2, 0) is 10.2 Å². The molecule has 4 nitrogen and oxygen atoms in total. The summed E-state index contributed by atoms with van der Waals surface area (Å²) < 4.78 is 11.2. The van der Waals surface area contributed by atoms with Crippen molar-refractivity contribution in [1.82, 2.24) is 5.32 Å². The second kappa shape index (κ2) is 8.94. The molecule has 2 aromatic rings. The fraction of sp³-hybridized carbons (Fsp3) is 0.435. The fourth-order valence-electron chi connectivity index (χ4n) is 2.85. The summed E-state index contributed by atoms with van der Waals surface area (Å²) in [4.78, 5) is 12.7. The van der Waals surface area contributed by atoms with Crippen LogP contribution in [-0.4, -0.2) is 19.1 Å². The zero-order valence-electron chi connectivity index (χ0n) is 17.2. The van der Waals surface area contributed by atoms with E-state index in [1.807, 2.05) is 38.1 Å². The number of hydrogen-bond donors (Lipinski definition) is 1. The Morgan fingerprint density at radius 3 is 2.15 bits per heavy atom. The summed E-state index contributed by atoms with van der Waals surface area (Å²) in [5, 5.41) is 3.06. The molecule has 0 fully saturated rings. The molecular weight excluding hydrogens is 338 g/mol. The number of benzene rings is 2. The molecule has 2 rings (SSSR count). The number of nitrogens with one attached hydrogen (secondary N) is 1. The molecule has 4 heteroatoms. The van der Waals surface area contributed by atoms with Gasteiger partial charge in [0, 0.05) is 0 Å². The van der Waals surface area contributed by atoms with Crippen LogP contribution < -0.4 is 14.8 Å². The van der Waals surface area contributed by atoms with Crippen LogP contribution in [0.5, 0.6) is 11.5 Å². The van der Waals surface area contributed by atoms with E-state index in [1.54, 1.807) is 7.11 Å². The normalized spacial score (nSPS) is 13.6. The third-order valence-corrected chi connectivity index (χ3v) is 4.64. The summed E-state index contributed by atoms with van der Waals surface area (Å²) in [6, 6.07) is 15.7. The molecule has 1 amide bonds. The molecule has 0 bridgehead atoms. The van der Waals surface area contributed by atoms with Gasteiger partial charge in [-0.2, -0.15) is 0 Å². The van der Waals surface area contributed by atoms with Gasteiger partial charge >= 0.3 is 0 Å². The van der Waals surface area contributed by atoms with Crippen molar-refractivity contribution >= 4 is 5.91 Å². The van der Waals surface area contributed by atoms with E-state index in [9.17, 15) is 4.79 Å². The molecular formula is C23H31NO3. The molecule has 0 aliphatic heterocycles. The van der Waals surface area contributed by atoms with Gasteiger partial charge in [-0.15, -0.1) is 0 Å². The van der Waals surface area contributed by atoms with Crippen molar-refractivity contribution in [3.63, 3.8) is 0 Å². The number of para-hydroxylation sites is 2. The summed E-state index contributed by atoms with van der Waals surface area (Å²) >= 11 is 0. The van der Waals surface area contributed by atoms with Gasteiger partial charge < -0.3 is 14.8 Å². The fourth-order valence-corrected chi connectivity index (χ4v) is 2.85. The first-order valence-electron chi connectivity index (χ1n) is 9.46. The van der Waals surface area contributed by atoms with Gasteiger partial charge in [0.1, 0.15) is 0 Å². The van der Waals surface area contributed by atoms with Crippen molar-refractivity contribution in [1.29, 1.82) is 0 Å². The average Bonchev–Trinajstić information content (AvgIpc) is 2.65.